The van der Waals surface area contributed by atoms with E-state index in [-0.39, 0.29) is 5.02 Å². The second kappa shape index (κ2) is 5.27. The van der Waals surface area contributed by atoms with Crippen LogP contribution in [0.4, 0.5) is 13.2 Å². The lowest BCUT2D eigenvalue weighted by atomic mass is 10.1. The zero-order valence-corrected chi connectivity index (χ0v) is 10.8. The maximum Gasteiger partial charge on any atom is 0.416 e. The van der Waals surface area contributed by atoms with Gasteiger partial charge in [0, 0.05) is 10.6 Å². The van der Waals surface area contributed by atoms with Crippen molar-refractivity contribution >= 4 is 11.6 Å². The van der Waals surface area contributed by atoms with E-state index in [4.69, 9.17) is 16.0 Å². The highest BCUT2D eigenvalue weighted by atomic mass is 35.5. The molecule has 0 spiro atoms. The molecule has 0 radical (unpaired) electrons. The molecule has 0 aliphatic heterocycles. The van der Waals surface area contributed by atoms with Gasteiger partial charge < -0.3 is 9.73 Å². The predicted molar refractivity (Wildman–Crippen MR) is 66.9 cm³/mol. The predicted octanol–water partition coefficient (Wildman–Crippen LogP) is 4.34. The van der Waals surface area contributed by atoms with E-state index in [1.165, 1.54) is 6.07 Å². The van der Waals surface area contributed by atoms with Crippen molar-refractivity contribution in [3.8, 4) is 11.3 Å². The summed E-state index contributed by atoms with van der Waals surface area (Å²) in [7, 11) is 1.75. The van der Waals surface area contributed by atoms with E-state index in [1.54, 1.807) is 19.2 Å². The van der Waals surface area contributed by atoms with Crippen LogP contribution in [0.5, 0.6) is 0 Å². The summed E-state index contributed by atoms with van der Waals surface area (Å²) in [6.45, 7) is 0.507. The number of halogens is 4. The van der Waals surface area contributed by atoms with Gasteiger partial charge in [-0.2, -0.15) is 13.2 Å². The van der Waals surface area contributed by atoms with Crippen molar-refractivity contribution in [3.05, 3.63) is 46.7 Å². The van der Waals surface area contributed by atoms with Gasteiger partial charge in [-0.1, -0.05) is 11.6 Å². The second-order valence-electron chi connectivity index (χ2n) is 4.02. The van der Waals surface area contributed by atoms with Gasteiger partial charge in [0.1, 0.15) is 11.5 Å². The molecule has 1 N–H and O–H groups in total. The molecule has 0 atom stereocenters. The summed E-state index contributed by atoms with van der Waals surface area (Å²) in [4.78, 5) is 0. The molecule has 19 heavy (non-hydrogen) atoms. The topological polar surface area (TPSA) is 25.2 Å². The standard InChI is InChI=1S/C13H11ClF3NO/c1-18-7-11-2-3-12(19-11)8-4-9(13(15,16)17)6-10(14)5-8/h2-6,18H,7H2,1H3. The molecule has 0 bridgehead atoms. The Kier molecular flexibility index (Phi) is 3.87. The average molecular weight is 290 g/mol. The van der Waals surface area contributed by atoms with Crippen LogP contribution in [0.1, 0.15) is 11.3 Å². The summed E-state index contributed by atoms with van der Waals surface area (Å²) in [5, 5.41) is 2.92. The highest BCUT2D eigenvalue weighted by molar-refractivity contribution is 6.30. The maximum atomic E-state index is 12.7. The van der Waals surface area contributed by atoms with Gasteiger partial charge in [-0.25, -0.2) is 0 Å². The molecule has 6 heteroatoms. The Morgan fingerprint density at radius 2 is 1.95 bits per heavy atom. The van der Waals surface area contributed by atoms with Crippen molar-refractivity contribution in [2.45, 2.75) is 12.7 Å². The highest BCUT2D eigenvalue weighted by Gasteiger charge is 2.31. The van der Waals surface area contributed by atoms with E-state index in [9.17, 15) is 13.2 Å². The highest BCUT2D eigenvalue weighted by Crippen LogP contribution is 2.35. The molecule has 0 saturated carbocycles. The van der Waals surface area contributed by atoms with Gasteiger partial charge in [0.15, 0.2) is 0 Å². The van der Waals surface area contributed by atoms with E-state index in [1.807, 2.05) is 0 Å². The lowest BCUT2D eigenvalue weighted by Gasteiger charge is -2.08. The van der Waals surface area contributed by atoms with Crippen molar-refractivity contribution in [2.24, 2.45) is 0 Å². The SMILES string of the molecule is CNCc1ccc(-c2cc(Cl)cc(C(F)(F)F)c2)o1. The zero-order valence-electron chi connectivity index (χ0n) is 10.0. The number of rotatable bonds is 3. The van der Waals surface area contributed by atoms with E-state index >= 15 is 0 Å². The van der Waals surface area contributed by atoms with Crippen LogP contribution in [-0.4, -0.2) is 7.05 Å². The number of furan rings is 1. The molecule has 1 heterocycles. The van der Waals surface area contributed by atoms with Gasteiger partial charge in [-0.05, 0) is 37.4 Å². The lowest BCUT2D eigenvalue weighted by molar-refractivity contribution is -0.137. The molecule has 0 saturated heterocycles. The molecule has 2 rings (SSSR count). The summed E-state index contributed by atoms with van der Waals surface area (Å²) in [6, 6.07) is 6.69. The van der Waals surface area contributed by atoms with Crippen molar-refractivity contribution in [2.75, 3.05) is 7.05 Å². The zero-order chi connectivity index (χ0) is 14.0. The molecule has 0 amide bonds. The molecule has 0 aliphatic carbocycles. The molecule has 0 aliphatic rings. The van der Waals surface area contributed by atoms with Gasteiger partial charge >= 0.3 is 6.18 Å². The summed E-state index contributed by atoms with van der Waals surface area (Å²) in [5.74, 6) is 1.00. The third-order valence-corrected chi connectivity index (χ3v) is 2.74. The van der Waals surface area contributed by atoms with Gasteiger partial charge in [-0.15, -0.1) is 0 Å². The van der Waals surface area contributed by atoms with E-state index in [0.29, 0.717) is 23.6 Å². The first-order chi connectivity index (χ1) is 8.90. The Morgan fingerprint density at radius 3 is 2.58 bits per heavy atom. The van der Waals surface area contributed by atoms with Crippen LogP contribution < -0.4 is 5.32 Å². The number of nitrogens with one attached hydrogen (secondary N) is 1. The molecule has 2 aromatic rings. The minimum Gasteiger partial charge on any atom is -0.460 e. The molecule has 1 aromatic carbocycles. The Hall–Kier alpha value is -1.46. The molecule has 2 nitrogen and oxygen atoms in total. The van der Waals surface area contributed by atoms with Crippen LogP contribution in [0, 0.1) is 0 Å². The molecule has 0 unspecified atom stereocenters. The van der Waals surface area contributed by atoms with Crippen LogP contribution in [0.3, 0.4) is 0 Å². The van der Waals surface area contributed by atoms with E-state index < -0.39 is 11.7 Å². The third-order valence-electron chi connectivity index (χ3n) is 2.52. The fraction of sp³-hybridized carbons (Fsp3) is 0.231. The number of hydrogen-bond donors (Lipinski definition) is 1. The van der Waals surface area contributed by atoms with Gasteiger partial charge in [0.25, 0.3) is 0 Å². The third kappa shape index (κ3) is 3.30. The normalized spacial score (nSPS) is 11.8. The minimum absolute atomic E-state index is 0.0244. The molecular weight excluding hydrogens is 279 g/mol. The quantitative estimate of drug-likeness (QED) is 0.909. The van der Waals surface area contributed by atoms with Crippen LogP contribution in [0.25, 0.3) is 11.3 Å². The van der Waals surface area contributed by atoms with Crippen LogP contribution >= 0.6 is 11.6 Å². The maximum absolute atomic E-state index is 12.7. The number of alkyl halides is 3. The first kappa shape index (κ1) is 14.0. The fourth-order valence-electron chi connectivity index (χ4n) is 1.70. The first-order valence-corrected chi connectivity index (χ1v) is 5.89. The van der Waals surface area contributed by atoms with Crippen LogP contribution in [0.2, 0.25) is 5.02 Å². The summed E-state index contributed by atoms with van der Waals surface area (Å²) in [6.07, 6.45) is -4.43. The minimum atomic E-state index is -4.43. The van der Waals surface area contributed by atoms with Gasteiger partial charge in [-0.3, -0.25) is 0 Å². The van der Waals surface area contributed by atoms with Crippen molar-refractivity contribution in [1.82, 2.24) is 5.32 Å². The smallest absolute Gasteiger partial charge is 0.416 e. The summed E-state index contributed by atoms with van der Waals surface area (Å²) in [5.41, 5.74) is -0.483. The van der Waals surface area contributed by atoms with E-state index in [0.717, 1.165) is 12.1 Å². The van der Waals surface area contributed by atoms with Gasteiger partial charge in [0.2, 0.25) is 0 Å². The Labute approximate surface area is 113 Å². The average Bonchev–Trinajstić information content (AvgIpc) is 2.76. The molecule has 102 valence electrons. The second-order valence-corrected chi connectivity index (χ2v) is 4.46. The molecule has 1 aromatic heterocycles. The summed E-state index contributed by atoms with van der Waals surface area (Å²) >= 11 is 5.72. The number of hydrogen-bond acceptors (Lipinski definition) is 2. The fourth-order valence-corrected chi connectivity index (χ4v) is 1.93. The van der Waals surface area contributed by atoms with Crippen molar-refractivity contribution in [3.63, 3.8) is 0 Å². The number of benzene rings is 1. The first-order valence-electron chi connectivity index (χ1n) is 5.51. The van der Waals surface area contributed by atoms with Crippen molar-refractivity contribution in [1.29, 1.82) is 0 Å². The Balaban J connectivity index is 2.41. The molecule has 0 fully saturated rings. The Bertz CT molecular complexity index is 578. The Morgan fingerprint density at radius 1 is 1.21 bits per heavy atom. The largest absolute Gasteiger partial charge is 0.460 e. The van der Waals surface area contributed by atoms with E-state index in [2.05, 4.69) is 5.32 Å². The van der Waals surface area contributed by atoms with Crippen LogP contribution in [0.15, 0.2) is 34.7 Å². The lowest BCUT2D eigenvalue weighted by Crippen LogP contribution is -2.04. The van der Waals surface area contributed by atoms with Crippen LogP contribution in [-0.2, 0) is 12.7 Å². The summed E-state index contributed by atoms with van der Waals surface area (Å²) < 4.78 is 43.5. The van der Waals surface area contributed by atoms with Gasteiger partial charge in [0.05, 0.1) is 12.1 Å². The monoisotopic (exact) mass is 289 g/mol. The van der Waals surface area contributed by atoms with Crippen molar-refractivity contribution < 1.29 is 17.6 Å². The molecular formula is C13H11ClF3NO.